The fourth-order valence-electron chi connectivity index (χ4n) is 1.38. The van der Waals surface area contributed by atoms with Crippen molar-refractivity contribution in [3.63, 3.8) is 0 Å². The van der Waals surface area contributed by atoms with Crippen molar-refractivity contribution in [1.29, 1.82) is 0 Å². The highest BCUT2D eigenvalue weighted by Gasteiger charge is 2.12. The van der Waals surface area contributed by atoms with Gasteiger partial charge in [-0.1, -0.05) is 40.5 Å². The summed E-state index contributed by atoms with van der Waals surface area (Å²) in [5.41, 5.74) is 0.941. The standard InChI is InChI=1S/C11H15BrClNO/c1-2-5-14-11(7-15)9-4-3-8(12)6-10(9)13/h3-4,6,11,14-15H,2,5,7H2,1H3. The van der Waals surface area contributed by atoms with Gasteiger partial charge in [0.05, 0.1) is 12.6 Å². The van der Waals surface area contributed by atoms with Crippen LogP contribution in [-0.2, 0) is 0 Å². The Morgan fingerprint density at radius 3 is 2.80 bits per heavy atom. The number of nitrogens with one attached hydrogen (secondary N) is 1. The molecule has 0 aliphatic carbocycles. The van der Waals surface area contributed by atoms with Gasteiger partial charge in [-0.3, -0.25) is 0 Å². The first kappa shape index (κ1) is 13.0. The lowest BCUT2D eigenvalue weighted by atomic mass is 10.1. The largest absolute Gasteiger partial charge is 0.394 e. The number of aliphatic hydroxyl groups excluding tert-OH is 1. The molecule has 0 saturated heterocycles. The van der Waals surface area contributed by atoms with Crippen LogP contribution in [0.3, 0.4) is 0 Å². The van der Waals surface area contributed by atoms with E-state index in [1.165, 1.54) is 0 Å². The van der Waals surface area contributed by atoms with Crippen LogP contribution in [0.15, 0.2) is 22.7 Å². The number of rotatable bonds is 5. The van der Waals surface area contributed by atoms with Crippen LogP contribution < -0.4 is 5.32 Å². The molecule has 1 aromatic rings. The summed E-state index contributed by atoms with van der Waals surface area (Å²) in [6.45, 7) is 3.02. The van der Waals surface area contributed by atoms with Crippen molar-refractivity contribution in [2.24, 2.45) is 0 Å². The van der Waals surface area contributed by atoms with Gasteiger partial charge in [-0.05, 0) is 30.7 Å². The number of halogens is 2. The van der Waals surface area contributed by atoms with Gasteiger partial charge in [-0.2, -0.15) is 0 Å². The summed E-state index contributed by atoms with van der Waals surface area (Å²) >= 11 is 9.45. The lowest BCUT2D eigenvalue weighted by Crippen LogP contribution is -2.25. The first-order chi connectivity index (χ1) is 7.19. The number of aliphatic hydroxyl groups is 1. The van der Waals surface area contributed by atoms with E-state index in [0.29, 0.717) is 5.02 Å². The molecule has 1 aromatic carbocycles. The second-order valence-electron chi connectivity index (χ2n) is 3.36. The van der Waals surface area contributed by atoms with E-state index >= 15 is 0 Å². The first-order valence-electron chi connectivity index (χ1n) is 4.98. The third-order valence-electron chi connectivity index (χ3n) is 2.16. The molecule has 0 aliphatic heterocycles. The molecule has 0 radical (unpaired) electrons. The van der Waals surface area contributed by atoms with Gasteiger partial charge in [0.2, 0.25) is 0 Å². The second kappa shape index (κ2) is 6.48. The average Bonchev–Trinajstić information content (AvgIpc) is 2.21. The fraction of sp³-hybridized carbons (Fsp3) is 0.455. The molecule has 0 spiro atoms. The molecule has 0 aromatic heterocycles. The van der Waals surface area contributed by atoms with Crippen LogP contribution in [0.2, 0.25) is 5.02 Å². The highest BCUT2D eigenvalue weighted by molar-refractivity contribution is 9.10. The summed E-state index contributed by atoms with van der Waals surface area (Å²) in [7, 11) is 0. The van der Waals surface area contributed by atoms with Crippen LogP contribution in [-0.4, -0.2) is 18.3 Å². The summed E-state index contributed by atoms with van der Waals surface area (Å²) in [6, 6.07) is 5.62. The maximum absolute atomic E-state index is 9.27. The molecule has 1 atom stereocenters. The van der Waals surface area contributed by atoms with E-state index in [1.807, 2.05) is 18.2 Å². The number of hydrogen-bond donors (Lipinski definition) is 2. The van der Waals surface area contributed by atoms with Gasteiger partial charge in [0, 0.05) is 9.50 Å². The molecule has 84 valence electrons. The molecule has 2 nitrogen and oxygen atoms in total. The van der Waals surface area contributed by atoms with Crippen LogP contribution in [0.1, 0.15) is 24.9 Å². The Hall–Kier alpha value is -0.0900. The van der Waals surface area contributed by atoms with E-state index in [4.69, 9.17) is 11.6 Å². The molecule has 0 amide bonds. The van der Waals surface area contributed by atoms with Crippen molar-refractivity contribution in [2.45, 2.75) is 19.4 Å². The minimum Gasteiger partial charge on any atom is -0.394 e. The van der Waals surface area contributed by atoms with E-state index in [2.05, 4.69) is 28.2 Å². The normalized spacial score (nSPS) is 12.8. The van der Waals surface area contributed by atoms with Crippen molar-refractivity contribution in [1.82, 2.24) is 5.32 Å². The topological polar surface area (TPSA) is 32.3 Å². The Balaban J connectivity index is 2.81. The predicted molar refractivity (Wildman–Crippen MR) is 67.3 cm³/mol. The Kier molecular flexibility index (Phi) is 5.61. The van der Waals surface area contributed by atoms with Crippen LogP contribution in [0, 0.1) is 0 Å². The van der Waals surface area contributed by atoms with Crippen molar-refractivity contribution in [3.8, 4) is 0 Å². The molecule has 15 heavy (non-hydrogen) atoms. The fourth-order valence-corrected chi connectivity index (χ4v) is 2.18. The van der Waals surface area contributed by atoms with Gasteiger partial charge < -0.3 is 10.4 Å². The van der Waals surface area contributed by atoms with Crippen LogP contribution in [0.25, 0.3) is 0 Å². The van der Waals surface area contributed by atoms with Gasteiger partial charge in [-0.15, -0.1) is 0 Å². The average molecular weight is 293 g/mol. The van der Waals surface area contributed by atoms with Gasteiger partial charge >= 0.3 is 0 Å². The third kappa shape index (κ3) is 3.76. The molecule has 0 saturated carbocycles. The van der Waals surface area contributed by atoms with Gasteiger partial charge in [0.1, 0.15) is 0 Å². The molecular weight excluding hydrogens is 277 g/mol. The molecule has 0 bridgehead atoms. The summed E-state index contributed by atoms with van der Waals surface area (Å²) in [6.07, 6.45) is 1.03. The quantitative estimate of drug-likeness (QED) is 0.874. The van der Waals surface area contributed by atoms with E-state index in [9.17, 15) is 5.11 Å². The van der Waals surface area contributed by atoms with E-state index in [1.54, 1.807) is 0 Å². The Morgan fingerprint density at radius 2 is 2.27 bits per heavy atom. The molecule has 0 fully saturated rings. The minimum absolute atomic E-state index is 0.0569. The van der Waals surface area contributed by atoms with Gasteiger partial charge in [-0.25, -0.2) is 0 Å². The molecule has 1 rings (SSSR count). The van der Waals surface area contributed by atoms with Crippen LogP contribution in [0.5, 0.6) is 0 Å². The summed E-state index contributed by atoms with van der Waals surface area (Å²) < 4.78 is 0.948. The van der Waals surface area contributed by atoms with Crippen molar-refractivity contribution < 1.29 is 5.11 Å². The number of benzene rings is 1. The molecule has 2 N–H and O–H groups in total. The molecular formula is C11H15BrClNO. The monoisotopic (exact) mass is 291 g/mol. The van der Waals surface area contributed by atoms with Crippen molar-refractivity contribution >= 4 is 27.5 Å². The summed E-state index contributed by atoms with van der Waals surface area (Å²) in [4.78, 5) is 0. The molecule has 1 unspecified atom stereocenters. The molecule has 4 heteroatoms. The zero-order valence-electron chi connectivity index (χ0n) is 8.63. The Bertz CT molecular complexity index is 319. The molecule has 0 aliphatic rings. The van der Waals surface area contributed by atoms with E-state index < -0.39 is 0 Å². The van der Waals surface area contributed by atoms with Crippen LogP contribution >= 0.6 is 27.5 Å². The lowest BCUT2D eigenvalue weighted by Gasteiger charge is -2.17. The van der Waals surface area contributed by atoms with Crippen molar-refractivity contribution in [3.05, 3.63) is 33.3 Å². The zero-order chi connectivity index (χ0) is 11.3. The highest BCUT2D eigenvalue weighted by atomic mass is 79.9. The minimum atomic E-state index is -0.0782. The van der Waals surface area contributed by atoms with Crippen LogP contribution in [0.4, 0.5) is 0 Å². The van der Waals surface area contributed by atoms with E-state index in [0.717, 1.165) is 23.0 Å². The number of hydrogen-bond acceptors (Lipinski definition) is 2. The molecule has 0 heterocycles. The summed E-state index contributed by atoms with van der Waals surface area (Å²) in [5.74, 6) is 0. The Labute approximate surface area is 104 Å². The highest BCUT2D eigenvalue weighted by Crippen LogP contribution is 2.26. The Morgan fingerprint density at radius 1 is 1.53 bits per heavy atom. The first-order valence-corrected chi connectivity index (χ1v) is 6.15. The maximum atomic E-state index is 9.27. The van der Waals surface area contributed by atoms with E-state index in [-0.39, 0.29) is 12.6 Å². The SMILES string of the molecule is CCCNC(CO)c1ccc(Br)cc1Cl. The van der Waals surface area contributed by atoms with Gasteiger partial charge in [0.15, 0.2) is 0 Å². The lowest BCUT2D eigenvalue weighted by molar-refractivity contribution is 0.245. The maximum Gasteiger partial charge on any atom is 0.0627 e. The predicted octanol–water partition coefficient (Wildman–Crippen LogP) is 3.14. The second-order valence-corrected chi connectivity index (χ2v) is 4.68. The summed E-state index contributed by atoms with van der Waals surface area (Å²) in [5, 5.41) is 13.2. The smallest absolute Gasteiger partial charge is 0.0627 e. The third-order valence-corrected chi connectivity index (χ3v) is 2.98. The van der Waals surface area contributed by atoms with Crippen molar-refractivity contribution in [2.75, 3.05) is 13.2 Å². The van der Waals surface area contributed by atoms with Gasteiger partial charge in [0.25, 0.3) is 0 Å². The zero-order valence-corrected chi connectivity index (χ0v) is 11.0.